The van der Waals surface area contributed by atoms with Crippen molar-refractivity contribution in [2.75, 3.05) is 36.5 Å². The number of anilines is 2. The van der Waals surface area contributed by atoms with E-state index in [1.165, 1.54) is 0 Å². The van der Waals surface area contributed by atoms with Crippen molar-refractivity contribution in [3.63, 3.8) is 0 Å². The lowest BCUT2D eigenvalue weighted by Crippen LogP contribution is -2.43. The molecule has 6 rings (SSSR count). The molecule has 0 radical (unpaired) electrons. The molecular weight excluding hydrogens is 486 g/mol. The standard InChI is InChI=1S/C28H31N5O5/c34-24(6-3-13-32-22-5-2-1-4-21(22)30-27(32)37)33-18-28(11-12-28)16-23(33)26(36)29-19-7-9-20(10-8-19)31-14-15-38-17-25(31)35/h1-2,4-5,7-10,23H,3,6,11-18H2,(H,29,36)(H,30,37)/t23-/m0/s1. The van der Waals surface area contributed by atoms with E-state index in [4.69, 9.17) is 4.74 Å². The Morgan fingerprint density at radius 3 is 2.63 bits per heavy atom. The Bertz CT molecular complexity index is 1440. The topological polar surface area (TPSA) is 117 Å². The van der Waals surface area contributed by atoms with Gasteiger partial charge in [0.15, 0.2) is 0 Å². The highest BCUT2D eigenvalue weighted by atomic mass is 16.5. The molecule has 2 aromatic carbocycles. The Kier molecular flexibility index (Phi) is 6.27. The van der Waals surface area contributed by atoms with Crippen molar-refractivity contribution in [1.29, 1.82) is 0 Å². The largest absolute Gasteiger partial charge is 0.370 e. The van der Waals surface area contributed by atoms with Crippen LogP contribution >= 0.6 is 0 Å². The molecule has 3 aromatic rings. The van der Waals surface area contributed by atoms with Crippen molar-refractivity contribution in [3.8, 4) is 0 Å². The Morgan fingerprint density at radius 2 is 1.87 bits per heavy atom. The molecule has 1 saturated carbocycles. The Labute approximate surface area is 219 Å². The zero-order chi connectivity index (χ0) is 26.3. The molecule has 38 heavy (non-hydrogen) atoms. The van der Waals surface area contributed by atoms with Crippen molar-refractivity contribution in [2.45, 2.75) is 44.7 Å². The highest BCUT2D eigenvalue weighted by Gasteiger charge is 2.55. The van der Waals surface area contributed by atoms with Crippen LogP contribution < -0.4 is 15.9 Å². The van der Waals surface area contributed by atoms with Crippen molar-refractivity contribution in [2.24, 2.45) is 5.41 Å². The molecule has 0 unspecified atom stereocenters. The average Bonchev–Trinajstić information content (AvgIpc) is 3.45. The van der Waals surface area contributed by atoms with Crippen LogP contribution in [0.1, 0.15) is 32.1 Å². The number of amides is 3. The normalized spacial score (nSPS) is 20.3. The van der Waals surface area contributed by atoms with Gasteiger partial charge in [-0.15, -0.1) is 0 Å². The SMILES string of the molecule is O=C(Nc1ccc(N2CCOCC2=O)cc1)[C@@H]1CC2(CC2)CN1C(=O)CCCn1c(=O)[nH]c2ccccc21. The molecule has 2 N–H and O–H groups in total. The number of hydrogen-bond donors (Lipinski definition) is 2. The van der Waals surface area contributed by atoms with E-state index in [0.717, 1.165) is 29.6 Å². The van der Waals surface area contributed by atoms with Gasteiger partial charge in [-0.1, -0.05) is 12.1 Å². The second-order valence-corrected chi connectivity index (χ2v) is 10.6. The summed E-state index contributed by atoms with van der Waals surface area (Å²) in [7, 11) is 0. The monoisotopic (exact) mass is 517 g/mol. The highest BCUT2D eigenvalue weighted by molar-refractivity contribution is 5.98. The number of hydrogen-bond acceptors (Lipinski definition) is 5. The molecule has 0 bridgehead atoms. The number of carbonyl (C=O) groups is 3. The van der Waals surface area contributed by atoms with E-state index in [2.05, 4.69) is 10.3 Å². The number of likely N-dealkylation sites (tertiary alicyclic amines) is 1. The smallest absolute Gasteiger partial charge is 0.326 e. The molecule has 10 heteroatoms. The first-order chi connectivity index (χ1) is 18.4. The lowest BCUT2D eigenvalue weighted by Gasteiger charge is -2.27. The van der Waals surface area contributed by atoms with Gasteiger partial charge in [0.25, 0.3) is 5.91 Å². The first-order valence-electron chi connectivity index (χ1n) is 13.2. The van der Waals surface area contributed by atoms with Gasteiger partial charge >= 0.3 is 5.69 Å². The van der Waals surface area contributed by atoms with Crippen LogP contribution in [0.5, 0.6) is 0 Å². The predicted molar refractivity (Wildman–Crippen MR) is 142 cm³/mol. The zero-order valence-corrected chi connectivity index (χ0v) is 21.2. The van der Waals surface area contributed by atoms with Crippen LogP contribution in [-0.4, -0.2) is 64.5 Å². The number of aromatic nitrogens is 2. The molecule has 1 aliphatic carbocycles. The quantitative estimate of drug-likeness (QED) is 0.500. The van der Waals surface area contributed by atoms with E-state index in [1.807, 2.05) is 36.4 Å². The number of para-hydroxylation sites is 2. The van der Waals surface area contributed by atoms with Crippen LogP contribution in [0, 0.1) is 5.41 Å². The fourth-order valence-corrected chi connectivity index (χ4v) is 5.69. The molecule has 1 spiro atoms. The summed E-state index contributed by atoms with van der Waals surface area (Å²) < 4.78 is 6.85. The number of benzene rings is 2. The summed E-state index contributed by atoms with van der Waals surface area (Å²) in [6.07, 6.45) is 3.53. The van der Waals surface area contributed by atoms with Crippen LogP contribution in [0.25, 0.3) is 11.0 Å². The van der Waals surface area contributed by atoms with Crippen molar-refractivity contribution in [3.05, 3.63) is 59.0 Å². The average molecular weight is 518 g/mol. The van der Waals surface area contributed by atoms with Gasteiger partial charge in [0.1, 0.15) is 12.6 Å². The molecule has 2 aliphatic heterocycles. The molecule has 10 nitrogen and oxygen atoms in total. The number of nitrogens with zero attached hydrogens (tertiary/aromatic N) is 3. The summed E-state index contributed by atoms with van der Waals surface area (Å²) in [6, 6.07) is 14.2. The molecule has 3 amide bonds. The lowest BCUT2D eigenvalue weighted by molar-refractivity contribution is -0.136. The van der Waals surface area contributed by atoms with E-state index in [0.29, 0.717) is 44.8 Å². The van der Waals surface area contributed by atoms with Crippen molar-refractivity contribution >= 4 is 40.1 Å². The third-order valence-electron chi connectivity index (χ3n) is 7.97. The maximum atomic E-state index is 13.3. The molecule has 3 aliphatic rings. The van der Waals surface area contributed by atoms with Gasteiger partial charge in [-0.3, -0.25) is 19.0 Å². The minimum absolute atomic E-state index is 0.0528. The second-order valence-electron chi connectivity index (χ2n) is 10.6. The minimum Gasteiger partial charge on any atom is -0.370 e. The zero-order valence-electron chi connectivity index (χ0n) is 21.2. The second kappa shape index (κ2) is 9.75. The molecule has 198 valence electrons. The predicted octanol–water partition coefficient (Wildman–Crippen LogP) is 2.49. The molecule has 2 saturated heterocycles. The molecule has 1 atom stereocenters. The Morgan fingerprint density at radius 1 is 1.08 bits per heavy atom. The van der Waals surface area contributed by atoms with Crippen molar-refractivity contribution in [1.82, 2.24) is 14.5 Å². The lowest BCUT2D eigenvalue weighted by atomic mass is 10.0. The third-order valence-corrected chi connectivity index (χ3v) is 7.97. The number of fused-ring (bicyclic) bond motifs is 1. The number of aryl methyl sites for hydroxylation is 1. The number of morpholine rings is 1. The molecular formula is C28H31N5O5. The van der Waals surface area contributed by atoms with Crippen LogP contribution in [0.15, 0.2) is 53.3 Å². The van der Waals surface area contributed by atoms with E-state index < -0.39 is 6.04 Å². The third kappa shape index (κ3) is 4.71. The van der Waals surface area contributed by atoms with Crippen LogP contribution in [0.3, 0.4) is 0 Å². The van der Waals surface area contributed by atoms with Gasteiger partial charge in [0.05, 0.1) is 17.6 Å². The van der Waals surface area contributed by atoms with Gasteiger partial charge in [-0.05, 0) is 67.5 Å². The van der Waals surface area contributed by atoms with Crippen LogP contribution in [-0.2, 0) is 25.7 Å². The summed E-state index contributed by atoms with van der Waals surface area (Å²) in [5, 5.41) is 2.97. The first kappa shape index (κ1) is 24.4. The number of aromatic amines is 1. The van der Waals surface area contributed by atoms with E-state index in [9.17, 15) is 19.2 Å². The van der Waals surface area contributed by atoms with E-state index >= 15 is 0 Å². The van der Waals surface area contributed by atoms with E-state index in [1.54, 1.807) is 26.5 Å². The number of imidazole rings is 1. The fraction of sp³-hybridized carbons (Fsp3) is 0.429. The van der Waals surface area contributed by atoms with Crippen LogP contribution in [0.4, 0.5) is 11.4 Å². The van der Waals surface area contributed by atoms with Gasteiger partial charge in [0, 0.05) is 37.4 Å². The maximum Gasteiger partial charge on any atom is 0.326 e. The molecule has 3 fully saturated rings. The van der Waals surface area contributed by atoms with E-state index in [-0.39, 0.29) is 41.9 Å². The van der Waals surface area contributed by atoms with Gasteiger partial charge < -0.3 is 24.8 Å². The summed E-state index contributed by atoms with van der Waals surface area (Å²) >= 11 is 0. The fourth-order valence-electron chi connectivity index (χ4n) is 5.69. The number of ether oxygens (including phenoxy) is 1. The summed E-state index contributed by atoms with van der Waals surface area (Å²) in [5.41, 5.74) is 2.87. The molecule has 3 heterocycles. The number of carbonyl (C=O) groups excluding carboxylic acids is 3. The number of rotatable bonds is 7. The first-order valence-corrected chi connectivity index (χ1v) is 13.2. The minimum atomic E-state index is -0.513. The van der Waals surface area contributed by atoms with Gasteiger partial charge in [-0.2, -0.15) is 0 Å². The van der Waals surface area contributed by atoms with Gasteiger partial charge in [-0.25, -0.2) is 4.79 Å². The van der Waals surface area contributed by atoms with Crippen molar-refractivity contribution < 1.29 is 19.1 Å². The van der Waals surface area contributed by atoms with Crippen LogP contribution in [0.2, 0.25) is 0 Å². The highest BCUT2D eigenvalue weighted by Crippen LogP contribution is 2.55. The Balaban J connectivity index is 1.09. The number of H-pyrrole nitrogens is 1. The number of nitrogens with one attached hydrogen (secondary N) is 2. The molecule has 1 aromatic heterocycles. The summed E-state index contributed by atoms with van der Waals surface area (Å²) in [4.78, 5) is 57.2. The van der Waals surface area contributed by atoms with Gasteiger partial charge in [0.2, 0.25) is 11.8 Å². The maximum absolute atomic E-state index is 13.3. The Hall–Kier alpha value is -3.92. The summed E-state index contributed by atoms with van der Waals surface area (Å²) in [5.74, 6) is -0.328. The summed E-state index contributed by atoms with van der Waals surface area (Å²) in [6.45, 7) is 2.11.